The molecule has 5 rings (SSSR count). The van der Waals surface area contributed by atoms with Crippen molar-refractivity contribution in [2.75, 3.05) is 36.9 Å². The second kappa shape index (κ2) is 10.0. The van der Waals surface area contributed by atoms with Gasteiger partial charge in [-0.15, -0.1) is 11.3 Å². The van der Waals surface area contributed by atoms with Crippen molar-refractivity contribution in [1.82, 2.24) is 24.5 Å². The number of morpholine rings is 1. The fraction of sp³-hybridized carbons (Fsp3) is 0.292. The highest BCUT2D eigenvalue weighted by Crippen LogP contribution is 2.29. The van der Waals surface area contributed by atoms with Crippen LogP contribution >= 0.6 is 11.3 Å². The first kappa shape index (κ1) is 23.9. The number of hydrogen-bond acceptors (Lipinski definition) is 8. The van der Waals surface area contributed by atoms with Gasteiger partial charge in [-0.25, -0.2) is 4.52 Å². The van der Waals surface area contributed by atoms with E-state index in [-0.39, 0.29) is 30.0 Å². The zero-order valence-electron chi connectivity index (χ0n) is 19.8. The zero-order valence-corrected chi connectivity index (χ0v) is 20.6. The summed E-state index contributed by atoms with van der Waals surface area (Å²) < 4.78 is 7.10. The van der Waals surface area contributed by atoms with E-state index in [1.807, 2.05) is 11.8 Å². The lowest BCUT2D eigenvalue weighted by atomic mass is 10.2. The predicted octanol–water partition coefficient (Wildman–Crippen LogP) is 2.37. The minimum Gasteiger partial charge on any atom is -0.376 e. The van der Waals surface area contributed by atoms with Gasteiger partial charge in [0.1, 0.15) is 4.83 Å². The van der Waals surface area contributed by atoms with Gasteiger partial charge in [0.25, 0.3) is 11.5 Å². The minimum atomic E-state index is -0.365. The van der Waals surface area contributed by atoms with Crippen LogP contribution in [0.25, 0.3) is 15.3 Å². The van der Waals surface area contributed by atoms with Crippen molar-refractivity contribution < 1.29 is 14.3 Å². The van der Waals surface area contributed by atoms with E-state index in [2.05, 4.69) is 25.7 Å². The van der Waals surface area contributed by atoms with Gasteiger partial charge < -0.3 is 20.4 Å². The van der Waals surface area contributed by atoms with E-state index >= 15 is 0 Å². The molecule has 0 radical (unpaired) electrons. The number of carbonyl (C=O) groups is 2. The molecule has 5 heterocycles. The number of anilines is 2. The molecule has 2 amide bonds. The molecule has 3 N–H and O–H groups in total. The summed E-state index contributed by atoms with van der Waals surface area (Å²) in [5.41, 5.74) is 2.24. The monoisotopic (exact) mass is 507 g/mol. The van der Waals surface area contributed by atoms with Gasteiger partial charge in [-0.3, -0.25) is 24.3 Å². The molecule has 1 aliphatic heterocycles. The van der Waals surface area contributed by atoms with E-state index < -0.39 is 0 Å². The number of pyridine rings is 2. The number of carbonyl (C=O) groups excluding carboxylic acids is 2. The predicted molar refractivity (Wildman–Crippen MR) is 137 cm³/mol. The molecule has 1 atom stereocenters. The van der Waals surface area contributed by atoms with Gasteiger partial charge in [0.2, 0.25) is 5.91 Å². The van der Waals surface area contributed by atoms with Crippen LogP contribution in [-0.2, 0) is 9.53 Å². The first-order valence-corrected chi connectivity index (χ1v) is 12.3. The summed E-state index contributed by atoms with van der Waals surface area (Å²) >= 11 is 1.30. The van der Waals surface area contributed by atoms with Gasteiger partial charge in [0.15, 0.2) is 0 Å². The highest BCUT2D eigenvalue weighted by atomic mass is 32.1. The van der Waals surface area contributed by atoms with Crippen LogP contribution < -0.4 is 16.2 Å². The van der Waals surface area contributed by atoms with Gasteiger partial charge in [-0.1, -0.05) is 0 Å². The van der Waals surface area contributed by atoms with Crippen molar-refractivity contribution in [3.8, 4) is 10.4 Å². The number of nitrogens with zero attached hydrogens (tertiary/aromatic N) is 4. The molecule has 0 bridgehead atoms. The maximum atomic E-state index is 13.1. The van der Waals surface area contributed by atoms with Crippen LogP contribution in [0.3, 0.4) is 0 Å². The Bertz CT molecular complexity index is 1490. The molecule has 186 valence electrons. The maximum Gasteiger partial charge on any atom is 0.260 e. The summed E-state index contributed by atoms with van der Waals surface area (Å²) in [6, 6.07) is 5.15. The molecule has 36 heavy (non-hydrogen) atoms. The van der Waals surface area contributed by atoms with Crippen LogP contribution in [0.4, 0.5) is 11.4 Å². The number of amides is 2. The van der Waals surface area contributed by atoms with Crippen LogP contribution in [-0.4, -0.2) is 68.6 Å². The Morgan fingerprint density at radius 2 is 2.17 bits per heavy atom. The number of H-pyrrole nitrogens is 1. The van der Waals surface area contributed by atoms with E-state index in [0.29, 0.717) is 57.6 Å². The third-order valence-electron chi connectivity index (χ3n) is 5.84. The number of ether oxygens (including phenoxy) is 1. The number of nitrogens with one attached hydrogen (secondary N) is 3. The Morgan fingerprint density at radius 3 is 2.97 bits per heavy atom. The molecular formula is C24H25N7O4S. The minimum absolute atomic E-state index is 0.0949. The number of aromatic amines is 1. The molecule has 4 aromatic rings. The SMILES string of the molecule is Cc1ncc(NC(=O)CN2CCOC(C)C2)cc1NC(=O)c1cnn2cc(-c3ccc[nH]c3=O)sc12. The molecule has 0 spiro atoms. The smallest absolute Gasteiger partial charge is 0.260 e. The summed E-state index contributed by atoms with van der Waals surface area (Å²) in [6.45, 7) is 6.01. The highest BCUT2D eigenvalue weighted by Gasteiger charge is 2.20. The van der Waals surface area contributed by atoms with Gasteiger partial charge in [-0.05, 0) is 32.0 Å². The van der Waals surface area contributed by atoms with Crippen molar-refractivity contribution in [2.45, 2.75) is 20.0 Å². The fourth-order valence-electron chi connectivity index (χ4n) is 4.04. The van der Waals surface area contributed by atoms with E-state index in [1.54, 1.807) is 48.2 Å². The third kappa shape index (κ3) is 5.05. The van der Waals surface area contributed by atoms with E-state index in [4.69, 9.17) is 4.74 Å². The molecule has 12 heteroatoms. The Labute approximate surface area is 210 Å². The first-order chi connectivity index (χ1) is 17.4. The number of fused-ring (bicyclic) bond motifs is 1. The van der Waals surface area contributed by atoms with Crippen LogP contribution in [0.15, 0.2) is 47.8 Å². The molecule has 11 nitrogen and oxygen atoms in total. The Hall–Kier alpha value is -3.87. The Kier molecular flexibility index (Phi) is 6.63. The molecule has 0 saturated carbocycles. The van der Waals surface area contributed by atoms with Crippen molar-refractivity contribution >= 4 is 39.4 Å². The van der Waals surface area contributed by atoms with Crippen molar-refractivity contribution in [2.24, 2.45) is 0 Å². The van der Waals surface area contributed by atoms with Crippen LogP contribution in [0.5, 0.6) is 0 Å². The molecule has 4 aromatic heterocycles. The number of thiazole rings is 1. The highest BCUT2D eigenvalue weighted by molar-refractivity contribution is 7.21. The van der Waals surface area contributed by atoms with Gasteiger partial charge >= 0.3 is 0 Å². The van der Waals surface area contributed by atoms with Crippen LogP contribution in [0.1, 0.15) is 23.0 Å². The molecule has 1 fully saturated rings. The lowest BCUT2D eigenvalue weighted by Crippen LogP contribution is -2.44. The zero-order chi connectivity index (χ0) is 25.2. The molecule has 0 aromatic carbocycles. The Balaban J connectivity index is 1.30. The third-order valence-corrected chi connectivity index (χ3v) is 6.98. The van der Waals surface area contributed by atoms with Gasteiger partial charge in [0.05, 0.1) is 64.7 Å². The normalized spacial score (nSPS) is 16.2. The summed E-state index contributed by atoms with van der Waals surface area (Å²) in [7, 11) is 0. The van der Waals surface area contributed by atoms with Crippen molar-refractivity contribution in [1.29, 1.82) is 0 Å². The molecule has 1 saturated heterocycles. The molecule has 0 aliphatic carbocycles. The number of aryl methyl sites for hydroxylation is 1. The summed E-state index contributed by atoms with van der Waals surface area (Å²) in [6.07, 6.45) is 6.43. The van der Waals surface area contributed by atoms with Gasteiger partial charge in [0, 0.05) is 25.5 Å². The quantitative estimate of drug-likeness (QED) is 0.365. The standard InChI is InChI=1S/C24H25N7O4S/c1-14-11-30(6-7-35-14)13-21(32)28-16-8-19(15(2)26-9-16)29-23(34)18-10-27-31-12-20(36-24(18)31)17-4-3-5-25-22(17)33/h3-5,8-10,12,14H,6-7,11,13H2,1-2H3,(H,25,33)(H,28,32)(H,29,34). The van der Waals surface area contributed by atoms with Crippen LogP contribution in [0.2, 0.25) is 0 Å². The van der Waals surface area contributed by atoms with E-state index in [1.165, 1.54) is 17.5 Å². The average molecular weight is 508 g/mol. The number of aromatic nitrogens is 4. The van der Waals surface area contributed by atoms with Crippen molar-refractivity contribution in [3.63, 3.8) is 0 Å². The Morgan fingerprint density at radius 1 is 1.31 bits per heavy atom. The lowest BCUT2D eigenvalue weighted by molar-refractivity contribution is -0.119. The van der Waals surface area contributed by atoms with Crippen molar-refractivity contribution in [3.05, 3.63) is 64.6 Å². The molecular weight excluding hydrogens is 482 g/mol. The average Bonchev–Trinajstić information content (AvgIpc) is 3.42. The molecule has 1 aliphatic rings. The maximum absolute atomic E-state index is 13.1. The summed E-state index contributed by atoms with van der Waals surface area (Å²) in [4.78, 5) is 48.1. The largest absolute Gasteiger partial charge is 0.376 e. The van der Waals surface area contributed by atoms with Crippen LogP contribution in [0, 0.1) is 6.92 Å². The topological polar surface area (TPSA) is 134 Å². The second-order valence-corrected chi connectivity index (χ2v) is 9.62. The number of rotatable bonds is 6. The molecule has 1 unspecified atom stereocenters. The van der Waals surface area contributed by atoms with E-state index in [9.17, 15) is 14.4 Å². The van der Waals surface area contributed by atoms with E-state index in [0.717, 1.165) is 0 Å². The summed E-state index contributed by atoms with van der Waals surface area (Å²) in [5.74, 6) is -0.525. The van der Waals surface area contributed by atoms with Gasteiger partial charge in [-0.2, -0.15) is 5.10 Å². The second-order valence-electron chi connectivity index (χ2n) is 8.59. The number of hydrogen-bond donors (Lipinski definition) is 3. The lowest BCUT2D eigenvalue weighted by Gasteiger charge is -2.30. The summed E-state index contributed by atoms with van der Waals surface area (Å²) in [5, 5.41) is 9.99. The first-order valence-electron chi connectivity index (χ1n) is 11.4. The fourth-order valence-corrected chi connectivity index (χ4v) is 5.12.